The monoisotopic (exact) mass is 360 g/mol. The van der Waals surface area contributed by atoms with E-state index in [1.54, 1.807) is 29.0 Å². The fraction of sp³-hybridized carbons (Fsp3) is 0.526. The van der Waals surface area contributed by atoms with E-state index in [9.17, 15) is 19.5 Å². The molecule has 2 saturated heterocycles. The number of rotatable bonds is 4. The molecule has 0 bridgehead atoms. The first-order valence-corrected chi connectivity index (χ1v) is 8.86. The number of piperidine rings is 1. The molecule has 2 amide bonds. The molecule has 3 unspecified atom stereocenters. The molecule has 1 aromatic rings. The number of carboxylic acids is 1. The van der Waals surface area contributed by atoms with Crippen LogP contribution in [0.15, 0.2) is 24.3 Å². The number of aliphatic carboxylic acids is 1. The number of anilines is 1. The second kappa shape index (κ2) is 7.35. The van der Waals surface area contributed by atoms with Crippen LogP contribution < -0.4 is 9.64 Å². The van der Waals surface area contributed by atoms with Crippen LogP contribution in [0.1, 0.15) is 19.8 Å². The van der Waals surface area contributed by atoms with Crippen molar-refractivity contribution in [1.29, 1.82) is 0 Å². The quantitative estimate of drug-likeness (QED) is 0.882. The SMILES string of the molecule is COc1ccc(N2CC(C(=O)N3CCC(C(=O)O)C(C)C3)CC2=O)cc1. The van der Waals surface area contributed by atoms with Crippen LogP contribution in [0, 0.1) is 17.8 Å². The van der Waals surface area contributed by atoms with Gasteiger partial charge in [0.05, 0.1) is 18.9 Å². The average molecular weight is 360 g/mol. The van der Waals surface area contributed by atoms with E-state index >= 15 is 0 Å². The second-order valence-corrected chi connectivity index (χ2v) is 7.10. The van der Waals surface area contributed by atoms with Gasteiger partial charge in [0.15, 0.2) is 0 Å². The number of hydrogen-bond acceptors (Lipinski definition) is 4. The highest BCUT2D eigenvalue weighted by atomic mass is 16.5. The van der Waals surface area contributed by atoms with Gasteiger partial charge in [-0.25, -0.2) is 0 Å². The maximum atomic E-state index is 12.8. The van der Waals surface area contributed by atoms with E-state index in [2.05, 4.69) is 0 Å². The van der Waals surface area contributed by atoms with Crippen LogP contribution in [0.5, 0.6) is 5.75 Å². The molecule has 0 saturated carbocycles. The molecule has 0 aromatic heterocycles. The van der Waals surface area contributed by atoms with Gasteiger partial charge in [0.1, 0.15) is 5.75 Å². The number of ether oxygens (including phenoxy) is 1. The molecule has 0 spiro atoms. The Hall–Kier alpha value is -2.57. The highest BCUT2D eigenvalue weighted by molar-refractivity contribution is 6.00. The molecule has 2 aliphatic heterocycles. The largest absolute Gasteiger partial charge is 0.497 e. The number of nitrogens with zero attached hydrogens (tertiary/aromatic N) is 2. The van der Waals surface area contributed by atoms with Gasteiger partial charge in [0.2, 0.25) is 11.8 Å². The third-order valence-corrected chi connectivity index (χ3v) is 5.39. The lowest BCUT2D eigenvalue weighted by Crippen LogP contribution is -2.47. The summed E-state index contributed by atoms with van der Waals surface area (Å²) in [6, 6.07) is 7.19. The van der Waals surface area contributed by atoms with E-state index in [1.807, 2.05) is 19.1 Å². The summed E-state index contributed by atoms with van der Waals surface area (Å²) in [6.07, 6.45) is 0.656. The van der Waals surface area contributed by atoms with Crippen molar-refractivity contribution in [2.45, 2.75) is 19.8 Å². The van der Waals surface area contributed by atoms with Crippen LogP contribution in [0.4, 0.5) is 5.69 Å². The summed E-state index contributed by atoms with van der Waals surface area (Å²) >= 11 is 0. The molecule has 7 nitrogen and oxygen atoms in total. The summed E-state index contributed by atoms with van der Waals surface area (Å²) in [7, 11) is 1.58. The second-order valence-electron chi connectivity index (χ2n) is 7.10. The van der Waals surface area contributed by atoms with Crippen molar-refractivity contribution in [1.82, 2.24) is 4.90 Å². The molecule has 7 heteroatoms. The molecule has 0 radical (unpaired) electrons. The van der Waals surface area contributed by atoms with E-state index in [-0.39, 0.29) is 30.1 Å². The number of benzene rings is 1. The van der Waals surface area contributed by atoms with Crippen LogP contribution in [-0.2, 0) is 14.4 Å². The Labute approximate surface area is 152 Å². The summed E-state index contributed by atoms with van der Waals surface area (Å²) in [6.45, 7) is 3.09. The molecule has 2 heterocycles. The van der Waals surface area contributed by atoms with Gasteiger partial charge < -0.3 is 19.6 Å². The fourth-order valence-electron chi connectivity index (χ4n) is 3.86. The van der Waals surface area contributed by atoms with Gasteiger partial charge in [0.25, 0.3) is 0 Å². The number of likely N-dealkylation sites (tertiary alicyclic amines) is 1. The number of carboxylic acid groups (broad SMARTS) is 1. The van der Waals surface area contributed by atoms with Gasteiger partial charge >= 0.3 is 5.97 Å². The highest BCUT2D eigenvalue weighted by Gasteiger charge is 2.40. The molecular formula is C19H24N2O5. The molecule has 26 heavy (non-hydrogen) atoms. The molecule has 2 fully saturated rings. The Morgan fingerprint density at radius 1 is 1.19 bits per heavy atom. The third kappa shape index (κ3) is 3.52. The first kappa shape index (κ1) is 18.2. The zero-order valence-electron chi connectivity index (χ0n) is 15.1. The summed E-state index contributed by atoms with van der Waals surface area (Å²) in [5.74, 6) is -1.07. The fourth-order valence-corrected chi connectivity index (χ4v) is 3.86. The number of hydrogen-bond donors (Lipinski definition) is 1. The zero-order valence-corrected chi connectivity index (χ0v) is 15.1. The van der Waals surface area contributed by atoms with Gasteiger partial charge in [-0.15, -0.1) is 0 Å². The van der Waals surface area contributed by atoms with Gasteiger partial charge in [-0.2, -0.15) is 0 Å². The van der Waals surface area contributed by atoms with E-state index in [1.165, 1.54) is 0 Å². The molecule has 1 aromatic carbocycles. The third-order valence-electron chi connectivity index (χ3n) is 5.39. The van der Waals surface area contributed by atoms with Crippen LogP contribution in [-0.4, -0.2) is 54.5 Å². The lowest BCUT2D eigenvalue weighted by atomic mass is 9.86. The molecular weight excluding hydrogens is 336 g/mol. The summed E-state index contributed by atoms with van der Waals surface area (Å²) in [4.78, 5) is 39.8. The van der Waals surface area contributed by atoms with Gasteiger partial charge in [-0.1, -0.05) is 6.92 Å². The van der Waals surface area contributed by atoms with Gasteiger partial charge in [-0.05, 0) is 36.6 Å². The number of carbonyl (C=O) groups is 3. The topological polar surface area (TPSA) is 87.2 Å². The maximum absolute atomic E-state index is 12.8. The van der Waals surface area contributed by atoms with E-state index in [0.717, 1.165) is 5.69 Å². The smallest absolute Gasteiger partial charge is 0.306 e. The van der Waals surface area contributed by atoms with E-state index in [4.69, 9.17) is 4.74 Å². The summed E-state index contributed by atoms with van der Waals surface area (Å²) in [5.41, 5.74) is 0.754. The first-order valence-electron chi connectivity index (χ1n) is 8.86. The van der Waals surface area contributed by atoms with E-state index < -0.39 is 11.9 Å². The average Bonchev–Trinajstić information content (AvgIpc) is 3.02. The minimum atomic E-state index is -0.800. The Kier molecular flexibility index (Phi) is 5.15. The Morgan fingerprint density at radius 2 is 1.88 bits per heavy atom. The van der Waals surface area contributed by atoms with Crippen molar-refractivity contribution in [3.63, 3.8) is 0 Å². The van der Waals surface area contributed by atoms with Crippen molar-refractivity contribution < 1.29 is 24.2 Å². The molecule has 140 valence electrons. The molecule has 3 atom stereocenters. The molecule has 1 N–H and O–H groups in total. The zero-order chi connectivity index (χ0) is 18.8. The van der Waals surface area contributed by atoms with Crippen LogP contribution in [0.25, 0.3) is 0 Å². The Balaban J connectivity index is 1.64. The minimum Gasteiger partial charge on any atom is -0.497 e. The number of methoxy groups -OCH3 is 1. The van der Waals surface area contributed by atoms with Crippen molar-refractivity contribution in [2.75, 3.05) is 31.6 Å². The van der Waals surface area contributed by atoms with Gasteiger partial charge in [0, 0.05) is 31.7 Å². The predicted octanol–water partition coefficient (Wildman–Crippen LogP) is 1.62. The lowest BCUT2D eigenvalue weighted by Gasteiger charge is -2.36. The predicted molar refractivity (Wildman–Crippen MR) is 94.9 cm³/mol. The molecule has 0 aliphatic carbocycles. The van der Waals surface area contributed by atoms with Crippen molar-refractivity contribution >= 4 is 23.5 Å². The Bertz CT molecular complexity index is 702. The van der Waals surface area contributed by atoms with Crippen LogP contribution in [0.3, 0.4) is 0 Å². The molecule has 2 aliphatic rings. The highest BCUT2D eigenvalue weighted by Crippen LogP contribution is 2.30. The normalized spacial score (nSPS) is 26.1. The number of amides is 2. The number of carbonyl (C=O) groups excluding carboxylic acids is 2. The van der Waals surface area contributed by atoms with Crippen LogP contribution >= 0.6 is 0 Å². The van der Waals surface area contributed by atoms with Gasteiger partial charge in [-0.3, -0.25) is 14.4 Å². The lowest BCUT2D eigenvalue weighted by molar-refractivity contribution is -0.149. The Morgan fingerprint density at radius 3 is 2.46 bits per heavy atom. The van der Waals surface area contributed by atoms with Crippen molar-refractivity contribution in [3.05, 3.63) is 24.3 Å². The first-order chi connectivity index (χ1) is 12.4. The van der Waals surface area contributed by atoms with E-state index in [0.29, 0.717) is 31.8 Å². The summed E-state index contributed by atoms with van der Waals surface area (Å²) in [5, 5.41) is 9.21. The van der Waals surface area contributed by atoms with Crippen LogP contribution in [0.2, 0.25) is 0 Å². The van der Waals surface area contributed by atoms with Crippen molar-refractivity contribution in [2.24, 2.45) is 17.8 Å². The summed E-state index contributed by atoms with van der Waals surface area (Å²) < 4.78 is 5.13. The minimum absolute atomic E-state index is 0.0509. The standard InChI is InChI=1S/C19H24N2O5/c1-12-10-20(8-7-16(12)19(24)25)18(23)13-9-17(22)21(11-13)14-3-5-15(26-2)6-4-14/h3-6,12-13,16H,7-11H2,1-2H3,(H,24,25). The van der Waals surface area contributed by atoms with Crippen molar-refractivity contribution in [3.8, 4) is 5.75 Å². The maximum Gasteiger partial charge on any atom is 0.306 e. The molecule has 3 rings (SSSR count).